The Morgan fingerprint density at radius 2 is 2.15 bits per heavy atom. The summed E-state index contributed by atoms with van der Waals surface area (Å²) < 4.78 is 13.4. The van der Waals surface area contributed by atoms with Crippen LogP contribution in [-0.4, -0.2) is 33.6 Å². The Bertz CT molecular complexity index is 534. The monoisotopic (exact) mass is 344 g/mol. The van der Waals surface area contributed by atoms with Gasteiger partial charge in [-0.2, -0.15) is 0 Å². The van der Waals surface area contributed by atoms with E-state index in [0.29, 0.717) is 11.9 Å². The van der Waals surface area contributed by atoms with Crippen molar-refractivity contribution in [3.05, 3.63) is 39.7 Å². The number of nitrogens with zero attached hydrogens (tertiary/aromatic N) is 2. The second-order valence-corrected chi connectivity index (χ2v) is 5.52. The highest BCUT2D eigenvalue weighted by Gasteiger charge is 2.29. The van der Waals surface area contributed by atoms with Gasteiger partial charge in [0.2, 0.25) is 0 Å². The molecule has 0 aromatic heterocycles. The number of non-ortho nitro benzene ring substituents is 1. The zero-order valence-electron chi connectivity index (χ0n) is 10.7. The number of carbonyl (C=O) groups is 1. The van der Waals surface area contributed by atoms with Crippen LogP contribution in [0.15, 0.2) is 18.2 Å². The van der Waals surface area contributed by atoms with Gasteiger partial charge in [0.25, 0.3) is 11.6 Å². The fraction of sp³-hybridized carbons (Fsp3) is 0.462. The molecule has 0 radical (unpaired) electrons. The van der Waals surface area contributed by atoms with Crippen molar-refractivity contribution < 1.29 is 14.1 Å². The van der Waals surface area contributed by atoms with Gasteiger partial charge in [-0.05, 0) is 25.3 Å². The number of carbonyl (C=O) groups excluding carboxylic acids is 1. The van der Waals surface area contributed by atoms with Crippen LogP contribution in [0.2, 0.25) is 0 Å². The van der Waals surface area contributed by atoms with E-state index in [4.69, 9.17) is 0 Å². The number of hydrogen-bond donors (Lipinski definition) is 0. The third-order valence-corrected chi connectivity index (χ3v) is 3.80. The summed E-state index contributed by atoms with van der Waals surface area (Å²) in [5.74, 6) is -1.12. The molecule has 1 saturated carbocycles. The van der Waals surface area contributed by atoms with E-state index in [1.807, 2.05) is 0 Å². The fourth-order valence-electron chi connectivity index (χ4n) is 2.21. The molecule has 108 valence electrons. The molecule has 20 heavy (non-hydrogen) atoms. The van der Waals surface area contributed by atoms with Crippen molar-refractivity contribution in [3.63, 3.8) is 0 Å². The highest BCUT2D eigenvalue weighted by atomic mass is 79.9. The number of amides is 1. The maximum Gasteiger partial charge on any atom is 0.273 e. The lowest BCUT2D eigenvalue weighted by Gasteiger charge is -2.37. The standard InChI is InChI=1S/C13H14BrFN2O3/c14-4-5-16(11-2-1-3-11)13(18)9-6-10(15)8-12(7-9)17(19)20/h6-8,11H,1-5H2. The van der Waals surface area contributed by atoms with E-state index in [0.717, 1.165) is 37.5 Å². The maximum absolute atomic E-state index is 13.4. The van der Waals surface area contributed by atoms with E-state index in [-0.39, 0.29) is 17.5 Å². The smallest absolute Gasteiger partial charge is 0.273 e. The number of rotatable bonds is 5. The summed E-state index contributed by atoms with van der Waals surface area (Å²) in [6, 6.07) is 3.15. The van der Waals surface area contributed by atoms with Crippen LogP contribution < -0.4 is 0 Å². The number of nitro groups is 1. The molecule has 7 heteroatoms. The molecule has 5 nitrogen and oxygen atoms in total. The summed E-state index contributed by atoms with van der Waals surface area (Å²) >= 11 is 3.29. The van der Waals surface area contributed by atoms with Crippen molar-refractivity contribution >= 4 is 27.5 Å². The lowest BCUT2D eigenvalue weighted by atomic mass is 9.91. The second kappa shape index (κ2) is 6.30. The first-order valence-electron chi connectivity index (χ1n) is 6.35. The van der Waals surface area contributed by atoms with Gasteiger partial charge >= 0.3 is 0 Å². The van der Waals surface area contributed by atoms with E-state index in [1.54, 1.807) is 4.90 Å². The average Bonchev–Trinajstić information content (AvgIpc) is 2.34. The van der Waals surface area contributed by atoms with Crippen molar-refractivity contribution in [3.8, 4) is 0 Å². The molecule has 1 aliphatic rings. The summed E-state index contributed by atoms with van der Waals surface area (Å²) in [6.45, 7) is 0.508. The molecule has 0 aliphatic heterocycles. The highest BCUT2D eigenvalue weighted by molar-refractivity contribution is 9.09. The van der Waals surface area contributed by atoms with E-state index < -0.39 is 16.4 Å². The van der Waals surface area contributed by atoms with Gasteiger partial charge in [0.05, 0.1) is 11.0 Å². The third kappa shape index (κ3) is 3.15. The molecule has 1 fully saturated rings. The Morgan fingerprint density at radius 3 is 2.65 bits per heavy atom. The Hall–Kier alpha value is -1.50. The molecule has 1 aromatic rings. The molecule has 0 atom stereocenters. The molecule has 0 heterocycles. The molecular formula is C13H14BrFN2O3. The first kappa shape index (κ1) is 14.9. The van der Waals surface area contributed by atoms with Crippen molar-refractivity contribution in [2.45, 2.75) is 25.3 Å². The summed E-state index contributed by atoms with van der Waals surface area (Å²) in [7, 11) is 0. The van der Waals surface area contributed by atoms with Gasteiger partial charge in [-0.3, -0.25) is 14.9 Å². The van der Waals surface area contributed by atoms with Gasteiger partial charge in [0, 0.05) is 29.5 Å². The number of hydrogen-bond acceptors (Lipinski definition) is 3. The van der Waals surface area contributed by atoms with Gasteiger partial charge in [-0.25, -0.2) is 4.39 Å². The highest BCUT2D eigenvalue weighted by Crippen LogP contribution is 2.27. The summed E-state index contributed by atoms with van der Waals surface area (Å²) in [5.41, 5.74) is -0.370. The number of halogens is 2. The van der Waals surface area contributed by atoms with Crippen LogP contribution in [0.5, 0.6) is 0 Å². The largest absolute Gasteiger partial charge is 0.335 e. The van der Waals surface area contributed by atoms with Crippen LogP contribution in [0.4, 0.5) is 10.1 Å². The van der Waals surface area contributed by atoms with E-state index >= 15 is 0 Å². The van der Waals surface area contributed by atoms with Gasteiger partial charge < -0.3 is 4.90 Å². The third-order valence-electron chi connectivity index (χ3n) is 3.44. The molecule has 0 saturated heterocycles. The zero-order valence-corrected chi connectivity index (χ0v) is 12.3. The van der Waals surface area contributed by atoms with Crippen molar-refractivity contribution in [1.82, 2.24) is 4.90 Å². The maximum atomic E-state index is 13.4. The quantitative estimate of drug-likeness (QED) is 0.468. The molecule has 0 bridgehead atoms. The van der Waals surface area contributed by atoms with Crippen molar-refractivity contribution in [1.29, 1.82) is 0 Å². The topological polar surface area (TPSA) is 63.4 Å². The van der Waals surface area contributed by atoms with Crippen molar-refractivity contribution in [2.24, 2.45) is 0 Å². The Kier molecular flexibility index (Phi) is 4.69. The molecule has 0 N–H and O–H groups in total. The first-order valence-corrected chi connectivity index (χ1v) is 7.47. The SMILES string of the molecule is O=C(c1cc(F)cc([N+](=O)[O-])c1)N(CCBr)C1CCC1. The van der Waals surface area contributed by atoms with E-state index in [2.05, 4.69) is 15.9 Å². The molecule has 1 aliphatic carbocycles. The van der Waals surface area contributed by atoms with Gasteiger partial charge in [0.1, 0.15) is 5.82 Å². The number of nitro benzene ring substituents is 1. The zero-order chi connectivity index (χ0) is 14.7. The summed E-state index contributed by atoms with van der Waals surface area (Å²) in [4.78, 5) is 24.1. The predicted octanol–water partition coefficient (Wildman–Crippen LogP) is 3.12. The Morgan fingerprint density at radius 1 is 1.45 bits per heavy atom. The van der Waals surface area contributed by atoms with Crippen LogP contribution in [-0.2, 0) is 0 Å². The van der Waals surface area contributed by atoms with Crippen LogP contribution in [0.1, 0.15) is 29.6 Å². The van der Waals surface area contributed by atoms with E-state index in [9.17, 15) is 19.3 Å². The van der Waals surface area contributed by atoms with Crippen molar-refractivity contribution in [2.75, 3.05) is 11.9 Å². The average molecular weight is 345 g/mol. The van der Waals surface area contributed by atoms with Crippen LogP contribution >= 0.6 is 15.9 Å². The minimum absolute atomic E-state index is 0.0320. The molecule has 1 aromatic carbocycles. The second-order valence-electron chi connectivity index (χ2n) is 4.73. The van der Waals surface area contributed by atoms with Crippen LogP contribution in [0.3, 0.4) is 0 Å². The van der Waals surface area contributed by atoms with E-state index in [1.165, 1.54) is 0 Å². The number of benzene rings is 1. The van der Waals surface area contributed by atoms with Crippen LogP contribution in [0, 0.1) is 15.9 Å². The Labute approximate surface area is 124 Å². The lowest BCUT2D eigenvalue weighted by molar-refractivity contribution is -0.385. The molecular weight excluding hydrogens is 331 g/mol. The number of alkyl halides is 1. The normalized spacial score (nSPS) is 14.7. The predicted molar refractivity (Wildman–Crippen MR) is 75.5 cm³/mol. The summed E-state index contributed by atoms with van der Waals surface area (Å²) in [5, 5.41) is 11.3. The van der Waals surface area contributed by atoms with Crippen LogP contribution in [0.25, 0.3) is 0 Å². The minimum atomic E-state index is -0.769. The van der Waals surface area contributed by atoms with Gasteiger partial charge in [-0.15, -0.1) is 0 Å². The fourth-order valence-corrected chi connectivity index (χ4v) is 2.59. The first-order chi connectivity index (χ1) is 9.52. The Balaban J connectivity index is 2.28. The molecule has 0 unspecified atom stereocenters. The lowest BCUT2D eigenvalue weighted by Crippen LogP contribution is -2.45. The summed E-state index contributed by atoms with van der Waals surface area (Å²) in [6.07, 6.45) is 2.92. The van der Waals surface area contributed by atoms with Gasteiger partial charge in [0.15, 0.2) is 0 Å². The molecule has 0 spiro atoms. The molecule has 1 amide bonds. The van der Waals surface area contributed by atoms with Gasteiger partial charge in [-0.1, -0.05) is 15.9 Å². The molecule has 2 rings (SSSR count). The minimum Gasteiger partial charge on any atom is -0.335 e.